The predicted molar refractivity (Wildman–Crippen MR) is 68.7 cm³/mol. The van der Waals surface area contributed by atoms with Gasteiger partial charge in [-0.3, -0.25) is 9.63 Å². The number of amides is 1. The van der Waals surface area contributed by atoms with Crippen molar-refractivity contribution in [2.75, 3.05) is 0 Å². The van der Waals surface area contributed by atoms with Gasteiger partial charge in [-0.2, -0.15) is 0 Å². The number of aryl methyl sites for hydroxylation is 1. The van der Waals surface area contributed by atoms with Crippen molar-refractivity contribution < 1.29 is 9.63 Å². The molecule has 5 heteroatoms. The fourth-order valence-corrected chi connectivity index (χ4v) is 2.15. The van der Waals surface area contributed by atoms with E-state index in [4.69, 9.17) is 4.84 Å². The summed E-state index contributed by atoms with van der Waals surface area (Å²) in [7, 11) is 0. The minimum Gasteiger partial charge on any atom is -0.348 e. The van der Waals surface area contributed by atoms with Crippen LogP contribution in [0.15, 0.2) is 36.8 Å². The number of carbonyl (C=O) groups is 1. The van der Waals surface area contributed by atoms with Crippen LogP contribution in [0.25, 0.3) is 0 Å². The molecule has 0 spiro atoms. The predicted octanol–water partition coefficient (Wildman–Crippen LogP) is 1.82. The van der Waals surface area contributed by atoms with E-state index < -0.39 is 0 Å². The van der Waals surface area contributed by atoms with Crippen molar-refractivity contribution in [2.45, 2.75) is 26.0 Å². The molecule has 1 aromatic carbocycles. The summed E-state index contributed by atoms with van der Waals surface area (Å²) in [6.07, 6.45) is 4.43. The first-order chi connectivity index (χ1) is 9.33. The number of fused-ring (bicyclic) bond motifs is 1. The lowest BCUT2D eigenvalue weighted by atomic mass is 10.1. The van der Waals surface area contributed by atoms with Crippen molar-refractivity contribution in [3.05, 3.63) is 53.6 Å². The highest BCUT2D eigenvalue weighted by molar-refractivity contribution is 5.75. The highest BCUT2D eigenvalue weighted by atomic mass is 16.7. The van der Waals surface area contributed by atoms with Crippen LogP contribution in [-0.4, -0.2) is 20.9 Å². The topological polar surface area (TPSA) is 58.2 Å². The molecule has 0 aliphatic carbocycles. The third kappa shape index (κ3) is 2.66. The lowest BCUT2D eigenvalue weighted by Crippen LogP contribution is -2.34. The summed E-state index contributed by atoms with van der Waals surface area (Å²) in [6, 6.07) is 8.03. The number of aromatic nitrogens is 2. The molecule has 1 amide bonds. The maximum absolute atomic E-state index is 12.1. The first-order valence-corrected chi connectivity index (χ1v) is 6.30. The highest BCUT2D eigenvalue weighted by Gasteiger charge is 2.21. The molecule has 0 atom stereocenters. The molecule has 0 saturated heterocycles. The van der Waals surface area contributed by atoms with Gasteiger partial charge in [0.1, 0.15) is 6.61 Å². The number of nitrogens with one attached hydrogen (secondary N) is 1. The van der Waals surface area contributed by atoms with E-state index in [9.17, 15) is 4.79 Å². The summed E-state index contributed by atoms with van der Waals surface area (Å²) in [5.41, 5.74) is 3.27. The lowest BCUT2D eigenvalue weighted by molar-refractivity contribution is -0.200. The zero-order chi connectivity index (χ0) is 13.1. The van der Waals surface area contributed by atoms with E-state index in [1.807, 2.05) is 24.3 Å². The number of rotatable bonds is 3. The van der Waals surface area contributed by atoms with Gasteiger partial charge in [0.25, 0.3) is 0 Å². The van der Waals surface area contributed by atoms with Crippen LogP contribution in [0, 0.1) is 0 Å². The summed E-state index contributed by atoms with van der Waals surface area (Å²) in [4.78, 5) is 24.5. The van der Waals surface area contributed by atoms with Gasteiger partial charge in [0.05, 0.1) is 12.9 Å². The van der Waals surface area contributed by atoms with E-state index >= 15 is 0 Å². The van der Waals surface area contributed by atoms with Crippen LogP contribution in [0.3, 0.4) is 0 Å². The largest absolute Gasteiger partial charge is 0.348 e. The van der Waals surface area contributed by atoms with Gasteiger partial charge in [-0.05, 0) is 17.5 Å². The average Bonchev–Trinajstić information content (AvgIpc) is 2.97. The van der Waals surface area contributed by atoms with E-state index in [1.165, 1.54) is 5.06 Å². The third-order valence-electron chi connectivity index (χ3n) is 3.25. The van der Waals surface area contributed by atoms with Crippen LogP contribution in [-0.2, 0) is 29.2 Å². The SMILES string of the molecule is O=C(CCc1cnc[nH]1)N1Cc2ccccc2CO1. The molecule has 0 radical (unpaired) electrons. The van der Waals surface area contributed by atoms with E-state index in [0.717, 1.165) is 16.8 Å². The zero-order valence-electron chi connectivity index (χ0n) is 10.5. The minimum absolute atomic E-state index is 0.00380. The van der Waals surface area contributed by atoms with Gasteiger partial charge >= 0.3 is 0 Å². The first kappa shape index (κ1) is 11.9. The molecule has 0 fully saturated rings. The van der Waals surface area contributed by atoms with Crippen molar-refractivity contribution in [1.82, 2.24) is 15.0 Å². The zero-order valence-corrected chi connectivity index (χ0v) is 10.5. The number of hydrogen-bond acceptors (Lipinski definition) is 3. The van der Waals surface area contributed by atoms with Gasteiger partial charge < -0.3 is 4.98 Å². The van der Waals surface area contributed by atoms with Gasteiger partial charge in [-0.15, -0.1) is 0 Å². The Hall–Kier alpha value is -2.14. The van der Waals surface area contributed by atoms with Crippen molar-refractivity contribution >= 4 is 5.91 Å². The summed E-state index contributed by atoms with van der Waals surface area (Å²) in [5.74, 6) is 0.00380. The number of aromatic amines is 1. The molecule has 0 saturated carbocycles. The number of carbonyl (C=O) groups excluding carboxylic acids is 1. The smallest absolute Gasteiger partial charge is 0.246 e. The maximum Gasteiger partial charge on any atom is 0.246 e. The molecule has 0 unspecified atom stereocenters. The number of imidazole rings is 1. The fraction of sp³-hybridized carbons (Fsp3) is 0.286. The molecule has 1 aliphatic rings. The Morgan fingerprint density at radius 2 is 2.21 bits per heavy atom. The molecule has 19 heavy (non-hydrogen) atoms. The Bertz CT molecular complexity index is 566. The van der Waals surface area contributed by atoms with Crippen molar-refractivity contribution in [3.8, 4) is 0 Å². The van der Waals surface area contributed by atoms with Crippen molar-refractivity contribution in [1.29, 1.82) is 0 Å². The number of nitrogens with zero attached hydrogens (tertiary/aromatic N) is 2. The molecular weight excluding hydrogens is 242 g/mol. The van der Waals surface area contributed by atoms with Crippen LogP contribution in [0.4, 0.5) is 0 Å². The van der Waals surface area contributed by atoms with E-state index in [2.05, 4.69) is 9.97 Å². The van der Waals surface area contributed by atoms with E-state index in [0.29, 0.717) is 26.0 Å². The molecule has 5 nitrogen and oxygen atoms in total. The van der Waals surface area contributed by atoms with Gasteiger partial charge in [-0.1, -0.05) is 24.3 Å². The highest BCUT2D eigenvalue weighted by Crippen LogP contribution is 2.20. The summed E-state index contributed by atoms with van der Waals surface area (Å²) in [6.45, 7) is 0.990. The number of H-pyrrole nitrogens is 1. The molecule has 98 valence electrons. The van der Waals surface area contributed by atoms with Crippen LogP contribution in [0.1, 0.15) is 23.2 Å². The average molecular weight is 257 g/mol. The molecule has 2 heterocycles. The van der Waals surface area contributed by atoms with Crippen LogP contribution in [0.2, 0.25) is 0 Å². The second kappa shape index (κ2) is 5.24. The second-order valence-corrected chi connectivity index (χ2v) is 4.55. The quantitative estimate of drug-likeness (QED) is 0.912. The Morgan fingerprint density at radius 1 is 1.37 bits per heavy atom. The van der Waals surface area contributed by atoms with Crippen LogP contribution < -0.4 is 0 Å². The lowest BCUT2D eigenvalue weighted by Gasteiger charge is -2.27. The van der Waals surface area contributed by atoms with Crippen molar-refractivity contribution in [3.63, 3.8) is 0 Å². The number of hydroxylamine groups is 2. The Labute approximate surface area is 111 Å². The Balaban J connectivity index is 1.60. The molecule has 3 rings (SSSR count). The summed E-state index contributed by atoms with van der Waals surface area (Å²) >= 11 is 0. The molecule has 2 aromatic rings. The number of benzene rings is 1. The molecule has 0 bridgehead atoms. The van der Waals surface area contributed by atoms with Crippen molar-refractivity contribution in [2.24, 2.45) is 0 Å². The molecule has 1 N–H and O–H groups in total. The Kier molecular flexibility index (Phi) is 3.29. The van der Waals surface area contributed by atoms with Gasteiger partial charge in [0, 0.05) is 18.3 Å². The fourth-order valence-electron chi connectivity index (χ4n) is 2.15. The second-order valence-electron chi connectivity index (χ2n) is 4.55. The summed E-state index contributed by atoms with van der Waals surface area (Å²) < 4.78 is 0. The standard InChI is InChI=1S/C14H15N3O2/c18-14(6-5-13-7-15-10-16-13)17-8-11-3-1-2-4-12(11)9-19-17/h1-4,7,10H,5-6,8-9H2,(H,15,16). The molecule has 1 aliphatic heterocycles. The Morgan fingerprint density at radius 3 is 3.00 bits per heavy atom. The van der Waals surface area contributed by atoms with Crippen LogP contribution in [0.5, 0.6) is 0 Å². The molecular formula is C14H15N3O2. The van der Waals surface area contributed by atoms with Gasteiger partial charge in [-0.25, -0.2) is 10.0 Å². The van der Waals surface area contributed by atoms with E-state index in [1.54, 1.807) is 12.5 Å². The van der Waals surface area contributed by atoms with E-state index in [-0.39, 0.29) is 5.91 Å². The van der Waals surface area contributed by atoms with Crippen LogP contribution >= 0.6 is 0 Å². The molecule has 1 aromatic heterocycles. The summed E-state index contributed by atoms with van der Waals surface area (Å²) in [5, 5.41) is 1.46. The van der Waals surface area contributed by atoms with Gasteiger partial charge in [0.2, 0.25) is 5.91 Å². The minimum atomic E-state index is 0.00380. The maximum atomic E-state index is 12.1. The monoisotopic (exact) mass is 257 g/mol. The number of hydrogen-bond donors (Lipinski definition) is 1. The first-order valence-electron chi connectivity index (χ1n) is 6.30. The third-order valence-corrected chi connectivity index (χ3v) is 3.25. The normalized spacial score (nSPS) is 14.2. The van der Waals surface area contributed by atoms with Gasteiger partial charge in [0.15, 0.2) is 0 Å².